The second-order valence-corrected chi connectivity index (χ2v) is 7.27. The monoisotopic (exact) mass is 353 g/mol. The predicted octanol–water partition coefficient (Wildman–Crippen LogP) is 2.80. The summed E-state index contributed by atoms with van der Waals surface area (Å²) in [6.45, 7) is 0.109. The predicted molar refractivity (Wildman–Crippen MR) is 82.6 cm³/mol. The highest BCUT2D eigenvalue weighted by molar-refractivity contribution is 7.92. The fraction of sp³-hybridized carbons (Fsp3) is 0.188. The Morgan fingerprint density at radius 2 is 1.83 bits per heavy atom. The molecule has 1 N–H and O–H groups in total. The van der Waals surface area contributed by atoms with Crippen molar-refractivity contribution in [2.24, 2.45) is 0 Å². The molecule has 5 nitrogen and oxygen atoms in total. The lowest BCUT2D eigenvalue weighted by Gasteiger charge is -2.30. The summed E-state index contributed by atoms with van der Waals surface area (Å²) < 4.78 is 53.6. The van der Waals surface area contributed by atoms with Crippen LogP contribution < -0.4 is 4.31 Å². The van der Waals surface area contributed by atoms with Gasteiger partial charge in [-0.15, -0.1) is 0 Å². The number of carboxylic acid groups (broad SMARTS) is 1. The van der Waals surface area contributed by atoms with Crippen LogP contribution in [0.3, 0.4) is 0 Å². The van der Waals surface area contributed by atoms with Crippen molar-refractivity contribution in [3.63, 3.8) is 0 Å². The quantitative estimate of drug-likeness (QED) is 0.921. The summed E-state index contributed by atoms with van der Waals surface area (Å²) in [4.78, 5) is 10.8. The lowest BCUT2D eigenvalue weighted by atomic mass is 10.0. The molecular weight excluding hydrogens is 340 g/mol. The number of carboxylic acids is 1. The maximum atomic E-state index is 13.6. The zero-order valence-corrected chi connectivity index (χ0v) is 13.2. The summed E-state index contributed by atoms with van der Waals surface area (Å²) in [5, 5.41) is 9.01. The van der Waals surface area contributed by atoms with Gasteiger partial charge < -0.3 is 5.11 Å². The number of rotatable bonds is 3. The number of carbonyl (C=O) groups is 1. The van der Waals surface area contributed by atoms with Gasteiger partial charge in [-0.3, -0.25) is 4.31 Å². The lowest BCUT2D eigenvalue weighted by Crippen LogP contribution is -2.35. The molecule has 0 bridgehead atoms. The minimum absolute atomic E-state index is 0.0841. The summed E-state index contributed by atoms with van der Waals surface area (Å²) in [6, 6.07) is 6.79. The maximum absolute atomic E-state index is 13.6. The zero-order valence-electron chi connectivity index (χ0n) is 12.4. The number of sulfonamides is 1. The van der Waals surface area contributed by atoms with E-state index in [4.69, 9.17) is 5.11 Å². The first-order valence-electron chi connectivity index (χ1n) is 7.15. The smallest absolute Gasteiger partial charge is 0.335 e. The van der Waals surface area contributed by atoms with E-state index in [1.807, 2.05) is 0 Å². The molecule has 2 aromatic carbocycles. The Morgan fingerprint density at radius 3 is 2.54 bits per heavy atom. The number of benzene rings is 2. The molecule has 1 aliphatic rings. The minimum atomic E-state index is -4.08. The van der Waals surface area contributed by atoms with Gasteiger partial charge in [0.25, 0.3) is 10.0 Å². The van der Waals surface area contributed by atoms with Crippen molar-refractivity contribution in [1.82, 2.24) is 0 Å². The number of nitrogens with zero attached hydrogens (tertiary/aromatic N) is 1. The van der Waals surface area contributed by atoms with Crippen LogP contribution in [0.4, 0.5) is 14.5 Å². The van der Waals surface area contributed by atoms with Crippen molar-refractivity contribution in [3.8, 4) is 0 Å². The van der Waals surface area contributed by atoms with Crippen molar-refractivity contribution >= 4 is 21.7 Å². The van der Waals surface area contributed by atoms with Crippen LogP contribution in [0.2, 0.25) is 0 Å². The van der Waals surface area contributed by atoms with E-state index in [1.165, 1.54) is 18.2 Å². The molecule has 0 spiro atoms. The SMILES string of the molecule is O=C(O)c1cccc(S(=O)(=O)N2CCCc3cc(F)c(F)cc32)c1. The number of halogens is 2. The molecule has 1 heterocycles. The van der Waals surface area contributed by atoms with E-state index in [9.17, 15) is 22.0 Å². The van der Waals surface area contributed by atoms with Gasteiger partial charge >= 0.3 is 5.97 Å². The van der Waals surface area contributed by atoms with Gasteiger partial charge in [-0.2, -0.15) is 0 Å². The van der Waals surface area contributed by atoms with Gasteiger partial charge in [-0.05, 0) is 42.7 Å². The summed E-state index contributed by atoms with van der Waals surface area (Å²) in [5.74, 6) is -3.41. The summed E-state index contributed by atoms with van der Waals surface area (Å²) in [5.41, 5.74) is 0.317. The van der Waals surface area contributed by atoms with E-state index >= 15 is 0 Å². The number of hydrogen-bond donors (Lipinski definition) is 1. The lowest BCUT2D eigenvalue weighted by molar-refractivity contribution is 0.0696. The standard InChI is InChI=1S/C16H13F2NO4S/c17-13-8-10-4-2-6-19(15(10)9-14(13)18)24(22,23)12-5-1-3-11(7-12)16(20)21/h1,3,5,7-9H,2,4,6H2,(H,20,21). The molecule has 1 aliphatic heterocycles. The van der Waals surface area contributed by atoms with E-state index in [0.717, 1.165) is 22.5 Å². The molecule has 0 fully saturated rings. The van der Waals surface area contributed by atoms with Crippen LogP contribution in [0.15, 0.2) is 41.3 Å². The van der Waals surface area contributed by atoms with Gasteiger partial charge in [0, 0.05) is 12.6 Å². The first kappa shape index (κ1) is 16.4. The van der Waals surface area contributed by atoms with Gasteiger partial charge in [0.05, 0.1) is 16.1 Å². The number of anilines is 1. The normalized spacial score (nSPS) is 14.3. The Kier molecular flexibility index (Phi) is 4.00. The number of aryl methyl sites for hydroxylation is 1. The first-order chi connectivity index (χ1) is 11.3. The molecule has 24 heavy (non-hydrogen) atoms. The van der Waals surface area contributed by atoms with Gasteiger partial charge in [-0.25, -0.2) is 22.0 Å². The second-order valence-electron chi connectivity index (χ2n) is 5.41. The van der Waals surface area contributed by atoms with Crippen molar-refractivity contribution in [2.45, 2.75) is 17.7 Å². The highest BCUT2D eigenvalue weighted by atomic mass is 32.2. The molecule has 3 rings (SSSR count). The van der Waals surface area contributed by atoms with E-state index in [2.05, 4.69) is 0 Å². The molecule has 0 atom stereocenters. The molecule has 8 heteroatoms. The van der Waals surface area contributed by atoms with Crippen LogP contribution in [0.1, 0.15) is 22.3 Å². The van der Waals surface area contributed by atoms with Crippen molar-refractivity contribution < 1.29 is 27.1 Å². The molecule has 0 aliphatic carbocycles. The molecule has 126 valence electrons. The topological polar surface area (TPSA) is 74.7 Å². The van der Waals surface area contributed by atoms with Gasteiger partial charge in [0.2, 0.25) is 0 Å². The number of aromatic carboxylic acids is 1. The van der Waals surface area contributed by atoms with E-state index < -0.39 is 27.6 Å². The summed E-state index contributed by atoms with van der Waals surface area (Å²) in [7, 11) is -4.08. The minimum Gasteiger partial charge on any atom is -0.478 e. The van der Waals surface area contributed by atoms with E-state index in [1.54, 1.807) is 0 Å². The molecular formula is C16H13F2NO4S. The fourth-order valence-corrected chi connectivity index (χ4v) is 4.29. The Labute approximate surface area is 137 Å². The molecule has 2 aromatic rings. The third kappa shape index (κ3) is 2.73. The molecule has 0 aromatic heterocycles. The zero-order chi connectivity index (χ0) is 17.5. The van der Waals surface area contributed by atoms with Gasteiger partial charge in [0.1, 0.15) is 0 Å². The highest BCUT2D eigenvalue weighted by Crippen LogP contribution is 2.33. The van der Waals surface area contributed by atoms with Crippen LogP contribution >= 0.6 is 0 Å². The average molecular weight is 353 g/mol. The van der Waals surface area contributed by atoms with Crippen LogP contribution in [-0.2, 0) is 16.4 Å². The molecule has 0 radical (unpaired) electrons. The van der Waals surface area contributed by atoms with Crippen LogP contribution in [0.5, 0.6) is 0 Å². The van der Waals surface area contributed by atoms with Gasteiger partial charge in [-0.1, -0.05) is 6.07 Å². The summed E-state index contributed by atoms with van der Waals surface area (Å²) >= 11 is 0. The maximum Gasteiger partial charge on any atom is 0.335 e. The molecule has 0 saturated carbocycles. The fourth-order valence-electron chi connectivity index (χ4n) is 2.71. The van der Waals surface area contributed by atoms with E-state index in [0.29, 0.717) is 18.4 Å². The Morgan fingerprint density at radius 1 is 1.12 bits per heavy atom. The summed E-state index contributed by atoms with van der Waals surface area (Å²) in [6.07, 6.45) is 0.893. The van der Waals surface area contributed by atoms with Crippen molar-refractivity contribution in [2.75, 3.05) is 10.8 Å². The Balaban J connectivity index is 2.11. The van der Waals surface area contributed by atoms with E-state index in [-0.39, 0.29) is 22.7 Å². The number of hydrogen-bond acceptors (Lipinski definition) is 3. The second kappa shape index (κ2) is 5.86. The van der Waals surface area contributed by atoms with Crippen molar-refractivity contribution in [3.05, 3.63) is 59.2 Å². The molecule has 0 saturated heterocycles. The number of fused-ring (bicyclic) bond motifs is 1. The highest BCUT2D eigenvalue weighted by Gasteiger charge is 2.30. The van der Waals surface area contributed by atoms with Crippen LogP contribution in [0, 0.1) is 11.6 Å². The van der Waals surface area contributed by atoms with Crippen molar-refractivity contribution in [1.29, 1.82) is 0 Å². The largest absolute Gasteiger partial charge is 0.478 e. The first-order valence-corrected chi connectivity index (χ1v) is 8.59. The third-order valence-corrected chi connectivity index (χ3v) is 5.68. The van der Waals surface area contributed by atoms with Gasteiger partial charge in [0.15, 0.2) is 11.6 Å². The third-order valence-electron chi connectivity index (χ3n) is 3.87. The van der Waals surface area contributed by atoms with Crippen LogP contribution in [-0.4, -0.2) is 26.0 Å². The van der Waals surface area contributed by atoms with Crippen LogP contribution in [0.25, 0.3) is 0 Å². The molecule has 0 unspecified atom stereocenters. The Hall–Kier alpha value is -2.48. The molecule has 0 amide bonds. The Bertz CT molecular complexity index is 928. The average Bonchev–Trinajstić information content (AvgIpc) is 2.55.